The summed E-state index contributed by atoms with van der Waals surface area (Å²) >= 11 is 0. The van der Waals surface area contributed by atoms with Crippen molar-refractivity contribution in [2.45, 2.75) is 25.8 Å². The van der Waals surface area contributed by atoms with Crippen LogP contribution in [0, 0.1) is 0 Å². The Labute approximate surface area is 186 Å². The van der Waals surface area contributed by atoms with Gasteiger partial charge in [0.1, 0.15) is 15.6 Å². The average molecular weight is 524 g/mol. The van der Waals surface area contributed by atoms with Gasteiger partial charge >= 0.3 is 0 Å². The third-order valence-corrected chi connectivity index (χ3v) is 5.54. The van der Waals surface area contributed by atoms with E-state index in [2.05, 4.69) is 27.7 Å². The number of sulfone groups is 1. The molecule has 9 heteroatoms. The lowest BCUT2D eigenvalue weighted by Gasteiger charge is -2.27. The van der Waals surface area contributed by atoms with Crippen LogP contribution in [0.1, 0.15) is 31.4 Å². The molecular weight excluding hydrogens is 491 g/mol. The third-order valence-electron chi connectivity index (χ3n) is 4.59. The smallest absolute Gasteiger partial charge is 0.191 e. The van der Waals surface area contributed by atoms with Crippen LogP contribution in [0.4, 0.5) is 0 Å². The number of guanidine groups is 1. The number of halogens is 1. The molecule has 28 heavy (non-hydrogen) atoms. The van der Waals surface area contributed by atoms with Crippen LogP contribution < -0.4 is 15.4 Å². The monoisotopic (exact) mass is 524 g/mol. The van der Waals surface area contributed by atoms with Crippen LogP contribution in [0.3, 0.4) is 0 Å². The largest absolute Gasteiger partial charge is 0.497 e. The molecule has 1 aromatic rings. The molecule has 0 aliphatic carbocycles. The molecule has 1 fully saturated rings. The number of ether oxygens (including phenoxy) is 1. The highest BCUT2D eigenvalue weighted by atomic mass is 127. The number of nitrogens with zero attached hydrogens (tertiary/aromatic N) is 2. The maximum atomic E-state index is 11.3. The van der Waals surface area contributed by atoms with Crippen molar-refractivity contribution in [2.24, 2.45) is 4.99 Å². The van der Waals surface area contributed by atoms with E-state index in [0.29, 0.717) is 19.0 Å². The number of aliphatic imine (C=N–C) groups is 1. The molecule has 1 saturated heterocycles. The van der Waals surface area contributed by atoms with Crippen LogP contribution in [0.15, 0.2) is 29.3 Å². The predicted molar refractivity (Wildman–Crippen MR) is 126 cm³/mol. The number of rotatable bonds is 9. The molecule has 2 N–H and O–H groups in total. The maximum Gasteiger partial charge on any atom is 0.191 e. The van der Waals surface area contributed by atoms with Gasteiger partial charge < -0.3 is 15.4 Å². The molecule has 0 saturated carbocycles. The molecule has 1 aliphatic heterocycles. The van der Waals surface area contributed by atoms with Crippen molar-refractivity contribution in [3.05, 3.63) is 29.8 Å². The van der Waals surface area contributed by atoms with Crippen molar-refractivity contribution in [2.75, 3.05) is 51.8 Å². The third kappa shape index (κ3) is 8.52. The van der Waals surface area contributed by atoms with E-state index in [1.54, 1.807) is 7.11 Å². The minimum atomic E-state index is -3.00. The first-order valence-electron chi connectivity index (χ1n) is 9.51. The van der Waals surface area contributed by atoms with E-state index in [9.17, 15) is 8.42 Å². The number of benzene rings is 1. The molecule has 7 nitrogen and oxygen atoms in total. The van der Waals surface area contributed by atoms with Crippen LogP contribution in [0.5, 0.6) is 5.75 Å². The molecule has 1 unspecified atom stereocenters. The van der Waals surface area contributed by atoms with Crippen molar-refractivity contribution < 1.29 is 13.2 Å². The summed E-state index contributed by atoms with van der Waals surface area (Å²) in [5.41, 5.74) is 1.19. The molecular formula is C19H33IN4O3S. The van der Waals surface area contributed by atoms with Crippen molar-refractivity contribution in [1.82, 2.24) is 15.5 Å². The van der Waals surface area contributed by atoms with E-state index in [1.807, 2.05) is 19.1 Å². The van der Waals surface area contributed by atoms with Crippen LogP contribution >= 0.6 is 24.0 Å². The Morgan fingerprint density at radius 2 is 2.00 bits per heavy atom. The van der Waals surface area contributed by atoms with Gasteiger partial charge in [0.15, 0.2) is 5.96 Å². The summed E-state index contributed by atoms with van der Waals surface area (Å²) in [5, 5.41) is 6.30. The highest BCUT2D eigenvalue weighted by molar-refractivity contribution is 14.0. The minimum absolute atomic E-state index is 0. The lowest BCUT2D eigenvalue weighted by Crippen LogP contribution is -2.40. The fourth-order valence-corrected chi connectivity index (χ4v) is 3.68. The van der Waals surface area contributed by atoms with E-state index in [-0.39, 0.29) is 35.8 Å². The predicted octanol–water partition coefficient (Wildman–Crippen LogP) is 2.05. The van der Waals surface area contributed by atoms with Gasteiger partial charge in [0, 0.05) is 19.3 Å². The lowest BCUT2D eigenvalue weighted by atomic mass is 10.1. The zero-order valence-corrected chi connectivity index (χ0v) is 20.1. The van der Waals surface area contributed by atoms with Crippen molar-refractivity contribution >= 4 is 39.8 Å². The number of nitrogens with one attached hydrogen (secondary N) is 2. The number of likely N-dealkylation sites (tertiary alicyclic amines) is 1. The Kier molecular flexibility index (Phi) is 11.1. The molecule has 0 amide bonds. The van der Waals surface area contributed by atoms with E-state index >= 15 is 0 Å². The van der Waals surface area contributed by atoms with E-state index in [4.69, 9.17) is 9.73 Å². The second kappa shape index (κ2) is 12.5. The van der Waals surface area contributed by atoms with Crippen molar-refractivity contribution in [3.8, 4) is 5.75 Å². The maximum absolute atomic E-state index is 11.3. The van der Waals surface area contributed by atoms with Gasteiger partial charge in [0.2, 0.25) is 0 Å². The Morgan fingerprint density at radius 1 is 1.29 bits per heavy atom. The van der Waals surface area contributed by atoms with E-state index < -0.39 is 9.84 Å². The van der Waals surface area contributed by atoms with E-state index in [1.165, 1.54) is 24.7 Å². The summed E-state index contributed by atoms with van der Waals surface area (Å²) < 4.78 is 28.1. The molecule has 160 valence electrons. The zero-order chi connectivity index (χ0) is 19.7. The molecule has 0 spiro atoms. The summed E-state index contributed by atoms with van der Waals surface area (Å²) in [7, 11) is -1.32. The number of hydrogen-bond donors (Lipinski definition) is 2. The summed E-state index contributed by atoms with van der Waals surface area (Å²) in [5.74, 6) is 1.58. The minimum Gasteiger partial charge on any atom is -0.497 e. The number of methoxy groups -OCH3 is 1. The second-order valence-electron chi connectivity index (χ2n) is 6.81. The quantitative estimate of drug-likeness (QED) is 0.293. The normalized spacial score (nSPS) is 16.3. The molecule has 0 radical (unpaired) electrons. The Hall–Kier alpha value is -1.07. The van der Waals surface area contributed by atoms with Gasteiger partial charge in [0.05, 0.1) is 25.4 Å². The van der Waals surface area contributed by atoms with E-state index in [0.717, 1.165) is 25.4 Å². The molecule has 1 aromatic carbocycles. The molecule has 2 rings (SSSR count). The first-order chi connectivity index (χ1) is 12.9. The Bertz CT molecular complexity index is 722. The first kappa shape index (κ1) is 25.0. The summed E-state index contributed by atoms with van der Waals surface area (Å²) in [6, 6.07) is 8.32. The van der Waals surface area contributed by atoms with Crippen molar-refractivity contribution in [1.29, 1.82) is 0 Å². The fourth-order valence-electron chi connectivity index (χ4n) is 3.21. The van der Waals surface area contributed by atoms with Gasteiger partial charge in [-0.2, -0.15) is 0 Å². The SMILES string of the molecule is CCNC(=NCC(c1cccc(OC)c1)N1CCCC1)NCCS(C)(=O)=O.I. The summed E-state index contributed by atoms with van der Waals surface area (Å²) in [6.07, 6.45) is 3.65. The van der Waals surface area contributed by atoms with Gasteiger partial charge in [-0.25, -0.2) is 8.42 Å². The van der Waals surface area contributed by atoms with Gasteiger partial charge in [-0.1, -0.05) is 12.1 Å². The van der Waals surface area contributed by atoms with Gasteiger partial charge in [-0.3, -0.25) is 9.89 Å². The summed E-state index contributed by atoms with van der Waals surface area (Å²) in [6.45, 7) is 5.79. The van der Waals surface area contributed by atoms with Crippen LogP contribution in [-0.2, 0) is 9.84 Å². The van der Waals surface area contributed by atoms with Gasteiger partial charge in [-0.15, -0.1) is 24.0 Å². The highest BCUT2D eigenvalue weighted by Crippen LogP contribution is 2.27. The number of hydrogen-bond acceptors (Lipinski definition) is 5. The zero-order valence-electron chi connectivity index (χ0n) is 17.0. The van der Waals surface area contributed by atoms with Crippen LogP contribution in [-0.4, -0.2) is 71.1 Å². The summed E-state index contributed by atoms with van der Waals surface area (Å²) in [4.78, 5) is 7.18. The van der Waals surface area contributed by atoms with Crippen LogP contribution in [0.2, 0.25) is 0 Å². The molecule has 1 aliphatic rings. The van der Waals surface area contributed by atoms with Gasteiger partial charge in [0.25, 0.3) is 0 Å². The standard InChI is InChI=1S/C19H32N4O3S.HI/c1-4-20-19(21-10-13-27(3,24)25)22-15-18(23-11-5-6-12-23)16-8-7-9-17(14-16)26-2;/h7-9,14,18H,4-6,10-13,15H2,1-3H3,(H2,20,21,22);1H. The molecule has 0 aromatic heterocycles. The topological polar surface area (TPSA) is 83.0 Å². The fraction of sp³-hybridized carbons (Fsp3) is 0.632. The lowest BCUT2D eigenvalue weighted by molar-refractivity contribution is 0.251. The average Bonchev–Trinajstić information content (AvgIpc) is 3.15. The first-order valence-corrected chi connectivity index (χ1v) is 11.6. The molecule has 0 bridgehead atoms. The van der Waals surface area contributed by atoms with Crippen LogP contribution in [0.25, 0.3) is 0 Å². The van der Waals surface area contributed by atoms with Gasteiger partial charge in [-0.05, 0) is 50.6 Å². The second-order valence-corrected chi connectivity index (χ2v) is 9.07. The molecule has 1 heterocycles. The Balaban J connectivity index is 0.00000392. The highest BCUT2D eigenvalue weighted by Gasteiger charge is 2.23. The van der Waals surface area contributed by atoms with Crippen molar-refractivity contribution in [3.63, 3.8) is 0 Å². The molecule has 1 atom stereocenters. The Morgan fingerprint density at radius 3 is 2.61 bits per heavy atom.